The Bertz CT molecular complexity index is 428. The first-order valence-corrected chi connectivity index (χ1v) is 8.40. The number of nitrogens with one attached hydrogen (secondary N) is 1. The fourth-order valence-corrected chi connectivity index (χ4v) is 4.09. The topological polar surface area (TPSA) is 67.9 Å². The molecule has 124 valence electrons. The Hall–Kier alpha value is -1.14. The van der Waals surface area contributed by atoms with Crippen LogP contribution in [0.2, 0.25) is 0 Å². The zero-order valence-electron chi connectivity index (χ0n) is 13.3. The minimum Gasteiger partial charge on any atom is -0.469 e. The van der Waals surface area contributed by atoms with Crippen LogP contribution in [0.15, 0.2) is 0 Å². The van der Waals surface area contributed by atoms with Crippen molar-refractivity contribution in [2.45, 2.75) is 56.7 Å². The molecule has 1 aliphatic carbocycles. The quantitative estimate of drug-likeness (QED) is 0.777. The van der Waals surface area contributed by atoms with Gasteiger partial charge < -0.3 is 14.8 Å². The average Bonchev–Trinajstić information content (AvgIpc) is 2.54. The summed E-state index contributed by atoms with van der Waals surface area (Å²) in [5.74, 6) is 0.507. The summed E-state index contributed by atoms with van der Waals surface area (Å²) in [5.41, 5.74) is 0. The number of ether oxygens (including phenoxy) is 2. The Kier molecular flexibility index (Phi) is 4.98. The molecule has 2 saturated heterocycles. The zero-order chi connectivity index (χ0) is 15.5. The van der Waals surface area contributed by atoms with Gasteiger partial charge in [-0.3, -0.25) is 14.5 Å². The van der Waals surface area contributed by atoms with Crippen molar-refractivity contribution in [3.63, 3.8) is 0 Å². The smallest absolute Gasteiger partial charge is 0.308 e. The fourth-order valence-electron chi connectivity index (χ4n) is 4.09. The molecule has 22 heavy (non-hydrogen) atoms. The Balaban J connectivity index is 1.60. The summed E-state index contributed by atoms with van der Waals surface area (Å²) >= 11 is 0. The third-order valence-corrected chi connectivity index (χ3v) is 5.30. The maximum atomic E-state index is 12.4. The Labute approximate surface area is 131 Å². The molecule has 0 aromatic carbocycles. The molecule has 6 nitrogen and oxygen atoms in total. The van der Waals surface area contributed by atoms with Crippen molar-refractivity contribution in [2.75, 3.05) is 26.8 Å². The van der Waals surface area contributed by atoms with E-state index in [4.69, 9.17) is 9.47 Å². The summed E-state index contributed by atoms with van der Waals surface area (Å²) in [6.07, 6.45) is 5.88. The molecule has 1 N–H and O–H groups in total. The first-order valence-electron chi connectivity index (χ1n) is 8.40. The molecule has 0 aromatic heterocycles. The summed E-state index contributed by atoms with van der Waals surface area (Å²) in [6, 6.07) is 0.313. The van der Waals surface area contributed by atoms with Crippen LogP contribution in [0.5, 0.6) is 0 Å². The molecule has 0 spiro atoms. The molecular formula is C16H26N2O4. The first kappa shape index (κ1) is 15.7. The van der Waals surface area contributed by atoms with Gasteiger partial charge in [-0.15, -0.1) is 0 Å². The monoisotopic (exact) mass is 310 g/mol. The van der Waals surface area contributed by atoms with E-state index in [2.05, 4.69) is 10.2 Å². The predicted octanol–water partition coefficient (Wildman–Crippen LogP) is 0.698. The third-order valence-electron chi connectivity index (χ3n) is 5.30. The number of nitrogens with zero attached hydrogens (tertiary/aromatic N) is 1. The standard InChI is InChI=1S/C16H26N2O4/c1-21-15(19)9-12-10-18(6-7-22-12)14-8-11-4-2-3-5-13(11)17-16(14)20/h11-14H,2-10H2,1H3,(H,17,20)/t11-,12+,13+,14+/m0/s1. The number of esters is 1. The van der Waals surface area contributed by atoms with Gasteiger partial charge in [0.05, 0.1) is 32.3 Å². The lowest BCUT2D eigenvalue weighted by Gasteiger charge is -2.45. The van der Waals surface area contributed by atoms with Crippen LogP contribution in [-0.2, 0) is 19.1 Å². The summed E-state index contributed by atoms with van der Waals surface area (Å²) in [7, 11) is 1.39. The summed E-state index contributed by atoms with van der Waals surface area (Å²) < 4.78 is 10.3. The lowest BCUT2D eigenvalue weighted by atomic mass is 9.77. The van der Waals surface area contributed by atoms with E-state index in [1.165, 1.54) is 26.4 Å². The Morgan fingerprint density at radius 1 is 1.41 bits per heavy atom. The van der Waals surface area contributed by atoms with Gasteiger partial charge in [0.15, 0.2) is 0 Å². The SMILES string of the molecule is COC(=O)C[C@@H]1CN([C@@H]2C[C@@H]3CCCC[C@H]3NC2=O)CCO1. The molecule has 1 amide bonds. The largest absolute Gasteiger partial charge is 0.469 e. The molecule has 3 fully saturated rings. The molecule has 3 rings (SSSR count). The molecule has 0 radical (unpaired) electrons. The Morgan fingerprint density at radius 3 is 3.05 bits per heavy atom. The van der Waals surface area contributed by atoms with Gasteiger partial charge in [0.1, 0.15) is 0 Å². The molecule has 6 heteroatoms. The number of methoxy groups -OCH3 is 1. The van der Waals surface area contributed by atoms with E-state index < -0.39 is 0 Å². The van der Waals surface area contributed by atoms with Crippen molar-refractivity contribution in [3.8, 4) is 0 Å². The van der Waals surface area contributed by atoms with Gasteiger partial charge in [0.25, 0.3) is 0 Å². The number of hydrogen-bond donors (Lipinski definition) is 1. The van der Waals surface area contributed by atoms with E-state index in [9.17, 15) is 9.59 Å². The van der Waals surface area contributed by atoms with Gasteiger partial charge in [-0.1, -0.05) is 12.8 Å². The van der Waals surface area contributed by atoms with Crippen molar-refractivity contribution in [1.29, 1.82) is 0 Å². The fraction of sp³-hybridized carbons (Fsp3) is 0.875. The van der Waals surface area contributed by atoms with Gasteiger partial charge in [-0.05, 0) is 25.2 Å². The number of carbonyl (C=O) groups excluding carboxylic acids is 2. The number of hydrogen-bond acceptors (Lipinski definition) is 5. The number of amides is 1. The van der Waals surface area contributed by atoms with Crippen LogP contribution >= 0.6 is 0 Å². The highest BCUT2D eigenvalue weighted by Crippen LogP contribution is 2.33. The van der Waals surface area contributed by atoms with E-state index in [-0.39, 0.29) is 30.4 Å². The molecule has 0 aromatic rings. The van der Waals surface area contributed by atoms with Crippen molar-refractivity contribution in [3.05, 3.63) is 0 Å². The van der Waals surface area contributed by atoms with Crippen LogP contribution in [0, 0.1) is 5.92 Å². The first-order chi connectivity index (χ1) is 10.7. The minimum absolute atomic E-state index is 0.0663. The second-order valence-electron chi connectivity index (χ2n) is 6.68. The van der Waals surface area contributed by atoms with Crippen molar-refractivity contribution in [1.82, 2.24) is 10.2 Å². The normalized spacial score (nSPS) is 36.3. The second kappa shape index (κ2) is 6.96. The Morgan fingerprint density at radius 2 is 2.23 bits per heavy atom. The molecule has 2 heterocycles. The van der Waals surface area contributed by atoms with E-state index in [1.807, 2.05) is 0 Å². The average molecular weight is 310 g/mol. The lowest BCUT2D eigenvalue weighted by Crippen LogP contribution is -2.61. The maximum Gasteiger partial charge on any atom is 0.308 e. The zero-order valence-corrected chi connectivity index (χ0v) is 13.3. The molecule has 4 atom stereocenters. The van der Waals surface area contributed by atoms with E-state index >= 15 is 0 Å². The molecule has 1 saturated carbocycles. The summed E-state index contributed by atoms with van der Waals surface area (Å²) in [6.45, 7) is 1.96. The number of piperidine rings is 1. The van der Waals surface area contributed by atoms with E-state index in [0.29, 0.717) is 25.1 Å². The summed E-state index contributed by atoms with van der Waals surface area (Å²) in [4.78, 5) is 26.1. The van der Waals surface area contributed by atoms with E-state index in [0.717, 1.165) is 19.4 Å². The molecule has 2 aliphatic heterocycles. The number of rotatable bonds is 3. The van der Waals surface area contributed by atoms with Crippen molar-refractivity contribution in [2.24, 2.45) is 5.92 Å². The predicted molar refractivity (Wildman–Crippen MR) is 80.2 cm³/mol. The van der Waals surface area contributed by atoms with Gasteiger partial charge in [0.2, 0.25) is 5.91 Å². The minimum atomic E-state index is -0.257. The molecule has 3 aliphatic rings. The maximum absolute atomic E-state index is 12.4. The second-order valence-corrected chi connectivity index (χ2v) is 6.68. The van der Waals surface area contributed by atoms with Crippen LogP contribution in [-0.4, -0.2) is 61.8 Å². The molecular weight excluding hydrogens is 284 g/mol. The van der Waals surface area contributed by atoms with Gasteiger partial charge in [-0.25, -0.2) is 0 Å². The van der Waals surface area contributed by atoms with Gasteiger partial charge in [0, 0.05) is 19.1 Å². The van der Waals surface area contributed by atoms with Crippen LogP contribution in [0.1, 0.15) is 38.5 Å². The summed E-state index contributed by atoms with van der Waals surface area (Å²) in [5, 5.41) is 3.22. The van der Waals surface area contributed by atoms with E-state index in [1.54, 1.807) is 0 Å². The highest BCUT2D eigenvalue weighted by atomic mass is 16.5. The number of morpholine rings is 1. The van der Waals surface area contributed by atoms with Crippen LogP contribution in [0.25, 0.3) is 0 Å². The van der Waals surface area contributed by atoms with Crippen LogP contribution in [0.4, 0.5) is 0 Å². The highest BCUT2D eigenvalue weighted by molar-refractivity contribution is 5.83. The van der Waals surface area contributed by atoms with Crippen molar-refractivity contribution < 1.29 is 19.1 Å². The highest BCUT2D eigenvalue weighted by Gasteiger charge is 2.40. The lowest BCUT2D eigenvalue weighted by molar-refractivity contribution is -0.147. The number of fused-ring (bicyclic) bond motifs is 1. The van der Waals surface area contributed by atoms with Gasteiger partial charge >= 0.3 is 5.97 Å². The van der Waals surface area contributed by atoms with Crippen molar-refractivity contribution >= 4 is 11.9 Å². The third kappa shape index (κ3) is 3.43. The van der Waals surface area contributed by atoms with Crippen LogP contribution in [0.3, 0.4) is 0 Å². The molecule has 0 unspecified atom stereocenters. The number of carbonyl (C=O) groups is 2. The molecule has 0 bridgehead atoms. The van der Waals surface area contributed by atoms with Crippen LogP contribution < -0.4 is 5.32 Å². The van der Waals surface area contributed by atoms with Gasteiger partial charge in [-0.2, -0.15) is 0 Å².